The molecule has 2 aliphatic heterocycles. The topological polar surface area (TPSA) is 43.8 Å². The summed E-state index contributed by atoms with van der Waals surface area (Å²) in [4.78, 5) is 16.4. The molecule has 1 amide bonds. The number of hydrogen-bond donors (Lipinski definition) is 1. The van der Waals surface area contributed by atoms with Crippen LogP contribution in [0.2, 0.25) is 0 Å². The zero-order valence-electron chi connectivity index (χ0n) is 13.5. The van der Waals surface area contributed by atoms with Crippen LogP contribution in [0.1, 0.15) is 18.4 Å². The molecule has 1 aromatic carbocycles. The normalized spacial score (nSPS) is 26.0. The van der Waals surface area contributed by atoms with Crippen molar-refractivity contribution in [2.45, 2.75) is 25.0 Å². The van der Waals surface area contributed by atoms with E-state index < -0.39 is 17.2 Å². The fourth-order valence-electron chi connectivity index (χ4n) is 3.35. The SMILES string of the molecule is O=C1N(Cc2ccc(F)c(F)c2)CCCC1(O)CN1CCSCC1. The van der Waals surface area contributed by atoms with Crippen LogP contribution in [0.3, 0.4) is 0 Å². The molecule has 7 heteroatoms. The van der Waals surface area contributed by atoms with Crippen LogP contribution in [0.5, 0.6) is 0 Å². The molecular weight excluding hydrogens is 334 g/mol. The molecule has 4 nitrogen and oxygen atoms in total. The Bertz CT molecular complexity index is 610. The molecule has 2 heterocycles. The van der Waals surface area contributed by atoms with Crippen molar-refractivity contribution >= 4 is 17.7 Å². The highest BCUT2D eigenvalue weighted by Crippen LogP contribution is 2.26. The first kappa shape index (κ1) is 17.6. The van der Waals surface area contributed by atoms with Crippen LogP contribution in [0.25, 0.3) is 0 Å². The van der Waals surface area contributed by atoms with E-state index in [1.165, 1.54) is 6.07 Å². The molecule has 0 aromatic heterocycles. The molecule has 0 bridgehead atoms. The number of carbonyl (C=O) groups excluding carboxylic acids is 1. The van der Waals surface area contributed by atoms with Gasteiger partial charge in [0.05, 0.1) is 0 Å². The van der Waals surface area contributed by atoms with Gasteiger partial charge in [0, 0.05) is 44.2 Å². The summed E-state index contributed by atoms with van der Waals surface area (Å²) in [5.41, 5.74) is -0.848. The number of likely N-dealkylation sites (tertiary alicyclic amines) is 1. The Morgan fingerprint density at radius 2 is 1.92 bits per heavy atom. The standard InChI is InChI=1S/C17H22F2N2O2S/c18-14-3-2-13(10-15(14)19)11-21-5-1-4-17(23,16(21)22)12-20-6-8-24-9-7-20/h2-3,10,23H,1,4-9,11-12H2. The van der Waals surface area contributed by atoms with Gasteiger partial charge in [-0.2, -0.15) is 11.8 Å². The Morgan fingerprint density at radius 1 is 1.17 bits per heavy atom. The van der Waals surface area contributed by atoms with Crippen LogP contribution in [0.15, 0.2) is 18.2 Å². The predicted molar refractivity (Wildman–Crippen MR) is 89.7 cm³/mol. The van der Waals surface area contributed by atoms with E-state index in [0.717, 1.165) is 36.7 Å². The van der Waals surface area contributed by atoms with Gasteiger partial charge in [0.25, 0.3) is 5.91 Å². The molecule has 1 unspecified atom stereocenters. The van der Waals surface area contributed by atoms with Crippen molar-refractivity contribution < 1.29 is 18.7 Å². The minimum atomic E-state index is -1.38. The van der Waals surface area contributed by atoms with Crippen molar-refractivity contribution in [3.63, 3.8) is 0 Å². The average molecular weight is 356 g/mol. The van der Waals surface area contributed by atoms with Crippen LogP contribution in [-0.4, -0.2) is 64.1 Å². The second kappa shape index (κ2) is 7.37. The summed E-state index contributed by atoms with van der Waals surface area (Å²) in [5, 5.41) is 10.9. The number of benzene rings is 1. The fraction of sp³-hybridized carbons (Fsp3) is 0.588. The van der Waals surface area contributed by atoms with Crippen molar-refractivity contribution in [3.05, 3.63) is 35.4 Å². The molecule has 2 fully saturated rings. The number of nitrogens with zero attached hydrogens (tertiary/aromatic N) is 2. The molecule has 1 N–H and O–H groups in total. The Balaban J connectivity index is 1.68. The summed E-state index contributed by atoms with van der Waals surface area (Å²) in [6.07, 6.45) is 1.15. The Labute approximate surface area is 144 Å². The molecule has 2 aliphatic rings. The van der Waals surface area contributed by atoms with Gasteiger partial charge < -0.3 is 10.0 Å². The fourth-order valence-corrected chi connectivity index (χ4v) is 4.33. The maximum Gasteiger partial charge on any atom is 0.256 e. The minimum Gasteiger partial charge on any atom is -0.379 e. The van der Waals surface area contributed by atoms with Crippen LogP contribution >= 0.6 is 11.8 Å². The molecule has 0 radical (unpaired) electrons. The lowest BCUT2D eigenvalue weighted by Gasteiger charge is -2.41. The predicted octanol–water partition coefficient (Wildman–Crippen LogP) is 1.87. The smallest absolute Gasteiger partial charge is 0.256 e. The quantitative estimate of drug-likeness (QED) is 0.895. The second-order valence-electron chi connectivity index (χ2n) is 6.50. The molecule has 0 aliphatic carbocycles. The third-order valence-corrected chi connectivity index (χ3v) is 5.59. The van der Waals surface area contributed by atoms with Crippen molar-refractivity contribution in [1.29, 1.82) is 0 Å². The lowest BCUT2D eigenvalue weighted by atomic mass is 9.90. The second-order valence-corrected chi connectivity index (χ2v) is 7.72. The van der Waals surface area contributed by atoms with E-state index in [1.54, 1.807) is 4.90 Å². The van der Waals surface area contributed by atoms with Gasteiger partial charge in [-0.05, 0) is 30.5 Å². The van der Waals surface area contributed by atoms with Crippen LogP contribution in [0.4, 0.5) is 8.78 Å². The van der Waals surface area contributed by atoms with Crippen LogP contribution in [-0.2, 0) is 11.3 Å². The minimum absolute atomic E-state index is 0.189. The van der Waals surface area contributed by atoms with Gasteiger partial charge in [-0.25, -0.2) is 8.78 Å². The van der Waals surface area contributed by atoms with Gasteiger partial charge in [-0.1, -0.05) is 6.07 Å². The number of halogens is 2. The van der Waals surface area contributed by atoms with Crippen LogP contribution < -0.4 is 0 Å². The maximum atomic E-state index is 13.4. The highest BCUT2D eigenvalue weighted by Gasteiger charge is 2.43. The first-order valence-corrected chi connectivity index (χ1v) is 9.39. The molecule has 132 valence electrons. The summed E-state index contributed by atoms with van der Waals surface area (Å²) < 4.78 is 26.4. The third kappa shape index (κ3) is 3.90. The van der Waals surface area contributed by atoms with E-state index in [9.17, 15) is 18.7 Å². The lowest BCUT2D eigenvalue weighted by molar-refractivity contribution is -0.160. The molecule has 3 rings (SSSR count). The molecule has 0 spiro atoms. The molecule has 1 atom stereocenters. The largest absolute Gasteiger partial charge is 0.379 e. The number of hydrogen-bond acceptors (Lipinski definition) is 4. The van der Waals surface area contributed by atoms with Gasteiger partial charge in [0.1, 0.15) is 0 Å². The molecule has 24 heavy (non-hydrogen) atoms. The summed E-state index contributed by atoms with van der Waals surface area (Å²) in [7, 11) is 0. The zero-order chi connectivity index (χ0) is 17.2. The number of thioether (sulfide) groups is 1. The monoisotopic (exact) mass is 356 g/mol. The number of β-amino-alcohol motifs (C(OH)–C–C–N with tert-alkyl or cyclic N) is 1. The summed E-state index contributed by atoms with van der Waals surface area (Å²) >= 11 is 1.88. The summed E-state index contributed by atoms with van der Waals surface area (Å²) in [6, 6.07) is 3.65. The van der Waals surface area contributed by atoms with Gasteiger partial charge in [-0.15, -0.1) is 0 Å². The average Bonchev–Trinajstić information content (AvgIpc) is 2.56. The molecular formula is C17H22F2N2O2S. The third-order valence-electron chi connectivity index (χ3n) is 4.65. The number of aliphatic hydroxyl groups is 1. The molecule has 2 saturated heterocycles. The van der Waals surface area contributed by atoms with Crippen molar-refractivity contribution in [2.24, 2.45) is 0 Å². The first-order valence-electron chi connectivity index (χ1n) is 8.24. The van der Waals surface area contributed by atoms with E-state index in [4.69, 9.17) is 0 Å². The Morgan fingerprint density at radius 3 is 2.62 bits per heavy atom. The van der Waals surface area contributed by atoms with E-state index in [2.05, 4.69) is 4.90 Å². The summed E-state index contributed by atoms with van der Waals surface area (Å²) in [6.45, 7) is 2.82. The van der Waals surface area contributed by atoms with Crippen LogP contribution in [0, 0.1) is 11.6 Å². The number of rotatable bonds is 4. The van der Waals surface area contributed by atoms with Crippen molar-refractivity contribution in [3.8, 4) is 0 Å². The van der Waals surface area contributed by atoms with Gasteiger partial charge in [0.2, 0.25) is 0 Å². The molecule has 1 aromatic rings. The molecule has 0 saturated carbocycles. The zero-order valence-corrected chi connectivity index (χ0v) is 14.3. The first-order chi connectivity index (χ1) is 11.5. The summed E-state index contributed by atoms with van der Waals surface area (Å²) in [5.74, 6) is -0.0935. The van der Waals surface area contributed by atoms with Crippen molar-refractivity contribution in [1.82, 2.24) is 9.80 Å². The number of piperidine rings is 1. The highest BCUT2D eigenvalue weighted by atomic mass is 32.2. The van der Waals surface area contributed by atoms with Gasteiger partial charge in [-0.3, -0.25) is 9.69 Å². The maximum absolute atomic E-state index is 13.4. The van der Waals surface area contributed by atoms with E-state index in [1.807, 2.05) is 11.8 Å². The Kier molecular flexibility index (Phi) is 5.42. The van der Waals surface area contributed by atoms with Crippen molar-refractivity contribution in [2.75, 3.05) is 37.7 Å². The van der Waals surface area contributed by atoms with E-state index in [-0.39, 0.29) is 12.5 Å². The van der Waals surface area contributed by atoms with E-state index >= 15 is 0 Å². The van der Waals surface area contributed by atoms with Gasteiger partial charge in [0.15, 0.2) is 17.2 Å². The highest BCUT2D eigenvalue weighted by molar-refractivity contribution is 7.99. The Hall–Kier alpha value is -1.18. The van der Waals surface area contributed by atoms with Gasteiger partial charge >= 0.3 is 0 Å². The number of amides is 1. The van der Waals surface area contributed by atoms with E-state index in [0.29, 0.717) is 31.5 Å². The lowest BCUT2D eigenvalue weighted by Crippen LogP contribution is -2.59. The number of carbonyl (C=O) groups is 1.